The van der Waals surface area contributed by atoms with E-state index in [0.717, 1.165) is 12.8 Å². The van der Waals surface area contributed by atoms with Crippen molar-refractivity contribution in [1.29, 1.82) is 0 Å². The van der Waals surface area contributed by atoms with E-state index in [4.69, 9.17) is 0 Å². The van der Waals surface area contributed by atoms with E-state index in [-0.39, 0.29) is 12.5 Å². The van der Waals surface area contributed by atoms with Crippen molar-refractivity contribution >= 4 is 12.0 Å². The molecule has 0 bridgehead atoms. The third-order valence-electron chi connectivity index (χ3n) is 3.58. The molecule has 1 fully saturated rings. The van der Waals surface area contributed by atoms with E-state index in [1.165, 1.54) is 56.3 Å². The SMILES string of the molecule is CCCCCCCCCCCCN1C(=O)COC1=O. The summed E-state index contributed by atoms with van der Waals surface area (Å²) in [5.41, 5.74) is 0. The van der Waals surface area contributed by atoms with Crippen LogP contribution in [-0.2, 0) is 9.53 Å². The molecule has 4 nitrogen and oxygen atoms in total. The zero-order chi connectivity index (χ0) is 13.9. The Labute approximate surface area is 116 Å². The standard InChI is InChI=1S/C15H27NO3/c1-2-3-4-5-6-7-8-9-10-11-12-16-14(17)13-19-15(16)18/h2-13H2,1H3. The number of rotatable bonds is 11. The van der Waals surface area contributed by atoms with Crippen molar-refractivity contribution in [1.82, 2.24) is 4.90 Å². The van der Waals surface area contributed by atoms with Crippen molar-refractivity contribution in [2.24, 2.45) is 0 Å². The van der Waals surface area contributed by atoms with Gasteiger partial charge in [-0.3, -0.25) is 4.79 Å². The molecule has 0 aromatic carbocycles. The predicted octanol–water partition coefficient (Wildman–Crippen LogP) is 3.89. The minimum Gasteiger partial charge on any atom is -0.439 e. The monoisotopic (exact) mass is 269 g/mol. The third-order valence-corrected chi connectivity index (χ3v) is 3.58. The molecule has 1 rings (SSSR count). The molecule has 0 radical (unpaired) electrons. The second-order valence-electron chi connectivity index (χ2n) is 5.28. The highest BCUT2D eigenvalue weighted by molar-refractivity contribution is 5.97. The van der Waals surface area contributed by atoms with Crippen LogP contribution in [-0.4, -0.2) is 30.1 Å². The van der Waals surface area contributed by atoms with Gasteiger partial charge in [0, 0.05) is 6.54 Å². The first-order valence-electron chi connectivity index (χ1n) is 7.73. The second-order valence-corrected chi connectivity index (χ2v) is 5.28. The van der Waals surface area contributed by atoms with Crippen LogP contribution < -0.4 is 0 Å². The highest BCUT2D eigenvalue weighted by Gasteiger charge is 2.29. The highest BCUT2D eigenvalue weighted by atomic mass is 16.6. The van der Waals surface area contributed by atoms with Crippen molar-refractivity contribution in [2.75, 3.05) is 13.2 Å². The Kier molecular flexibility index (Phi) is 8.26. The lowest BCUT2D eigenvalue weighted by atomic mass is 10.1. The summed E-state index contributed by atoms with van der Waals surface area (Å²) in [5.74, 6) is -0.194. The number of hydrogen-bond acceptors (Lipinski definition) is 3. The molecule has 0 atom stereocenters. The molecule has 110 valence electrons. The lowest BCUT2D eigenvalue weighted by molar-refractivity contribution is -0.125. The number of cyclic esters (lactones) is 1. The van der Waals surface area contributed by atoms with Crippen LogP contribution in [0.25, 0.3) is 0 Å². The summed E-state index contributed by atoms with van der Waals surface area (Å²) in [7, 11) is 0. The minimum atomic E-state index is -0.471. The summed E-state index contributed by atoms with van der Waals surface area (Å²) in [6.45, 7) is 2.69. The van der Waals surface area contributed by atoms with Crippen LogP contribution in [0.1, 0.15) is 71.1 Å². The van der Waals surface area contributed by atoms with Crippen LogP contribution >= 0.6 is 0 Å². The molecule has 0 aromatic rings. The molecule has 0 saturated carbocycles. The van der Waals surface area contributed by atoms with E-state index < -0.39 is 6.09 Å². The number of imide groups is 1. The molecule has 0 aliphatic carbocycles. The Balaban J connectivity index is 1.86. The maximum absolute atomic E-state index is 11.3. The number of carbonyl (C=O) groups excluding carboxylic acids is 2. The van der Waals surface area contributed by atoms with Crippen LogP contribution in [0.2, 0.25) is 0 Å². The van der Waals surface area contributed by atoms with Gasteiger partial charge < -0.3 is 4.74 Å². The van der Waals surface area contributed by atoms with Gasteiger partial charge in [0.15, 0.2) is 6.61 Å². The first-order chi connectivity index (χ1) is 9.25. The number of ether oxygens (including phenoxy) is 1. The molecule has 4 heteroatoms. The summed E-state index contributed by atoms with van der Waals surface area (Å²) in [5, 5.41) is 0. The van der Waals surface area contributed by atoms with Gasteiger partial charge in [-0.2, -0.15) is 0 Å². The van der Waals surface area contributed by atoms with Crippen LogP contribution in [0.3, 0.4) is 0 Å². The van der Waals surface area contributed by atoms with Crippen molar-refractivity contribution in [2.45, 2.75) is 71.1 Å². The van der Waals surface area contributed by atoms with Gasteiger partial charge in [0.25, 0.3) is 5.91 Å². The van der Waals surface area contributed by atoms with Crippen LogP contribution in [0.4, 0.5) is 4.79 Å². The molecular weight excluding hydrogens is 242 g/mol. The molecule has 1 aliphatic heterocycles. The Morgan fingerprint density at radius 2 is 1.42 bits per heavy atom. The van der Waals surface area contributed by atoms with E-state index in [0.29, 0.717) is 6.54 Å². The molecule has 0 N–H and O–H groups in total. The molecule has 2 amide bonds. The van der Waals surface area contributed by atoms with Crippen molar-refractivity contribution in [3.8, 4) is 0 Å². The van der Waals surface area contributed by atoms with Crippen LogP contribution in [0.5, 0.6) is 0 Å². The van der Waals surface area contributed by atoms with Gasteiger partial charge in [-0.1, -0.05) is 64.7 Å². The first kappa shape index (κ1) is 16.0. The van der Waals surface area contributed by atoms with Gasteiger partial charge in [-0.15, -0.1) is 0 Å². The largest absolute Gasteiger partial charge is 0.439 e. The normalized spacial score (nSPS) is 15.1. The third kappa shape index (κ3) is 6.60. The Morgan fingerprint density at radius 1 is 0.895 bits per heavy atom. The first-order valence-corrected chi connectivity index (χ1v) is 7.73. The van der Waals surface area contributed by atoms with Gasteiger partial charge in [-0.25, -0.2) is 9.69 Å². The van der Waals surface area contributed by atoms with Crippen molar-refractivity contribution < 1.29 is 14.3 Å². The highest BCUT2D eigenvalue weighted by Crippen LogP contribution is 2.12. The zero-order valence-electron chi connectivity index (χ0n) is 12.2. The number of hydrogen-bond donors (Lipinski definition) is 0. The molecule has 0 unspecified atom stereocenters. The minimum absolute atomic E-state index is 0.0728. The average Bonchev–Trinajstić information content (AvgIpc) is 2.72. The van der Waals surface area contributed by atoms with Crippen molar-refractivity contribution in [3.63, 3.8) is 0 Å². The van der Waals surface area contributed by atoms with E-state index in [2.05, 4.69) is 11.7 Å². The Bertz CT molecular complexity index is 263. The van der Waals surface area contributed by atoms with E-state index in [9.17, 15) is 9.59 Å². The lowest BCUT2D eigenvalue weighted by Crippen LogP contribution is -2.29. The van der Waals surface area contributed by atoms with Crippen LogP contribution in [0.15, 0.2) is 0 Å². The van der Waals surface area contributed by atoms with E-state index in [1.807, 2.05) is 0 Å². The average molecular weight is 269 g/mol. The molecule has 1 heterocycles. The number of carbonyl (C=O) groups is 2. The molecule has 1 saturated heterocycles. The summed E-state index contributed by atoms with van der Waals surface area (Å²) in [4.78, 5) is 23.6. The fourth-order valence-electron chi connectivity index (χ4n) is 2.35. The number of unbranched alkanes of at least 4 members (excludes halogenated alkanes) is 9. The number of nitrogens with zero attached hydrogens (tertiary/aromatic N) is 1. The lowest BCUT2D eigenvalue weighted by Gasteiger charge is -2.09. The van der Waals surface area contributed by atoms with Crippen LogP contribution in [0, 0.1) is 0 Å². The molecule has 0 spiro atoms. The topological polar surface area (TPSA) is 46.6 Å². The fraction of sp³-hybridized carbons (Fsp3) is 0.867. The zero-order valence-corrected chi connectivity index (χ0v) is 12.2. The smallest absolute Gasteiger partial charge is 0.417 e. The second kappa shape index (κ2) is 9.82. The quantitative estimate of drug-likeness (QED) is 0.535. The van der Waals surface area contributed by atoms with Gasteiger partial charge in [0.1, 0.15) is 0 Å². The predicted molar refractivity (Wildman–Crippen MR) is 74.9 cm³/mol. The van der Waals surface area contributed by atoms with Gasteiger partial charge in [0.2, 0.25) is 0 Å². The van der Waals surface area contributed by atoms with E-state index in [1.54, 1.807) is 0 Å². The summed E-state index contributed by atoms with van der Waals surface area (Å²) in [6.07, 6.45) is 12.0. The summed E-state index contributed by atoms with van der Waals surface area (Å²) < 4.78 is 4.66. The Morgan fingerprint density at radius 3 is 1.89 bits per heavy atom. The summed E-state index contributed by atoms with van der Waals surface area (Å²) >= 11 is 0. The van der Waals surface area contributed by atoms with E-state index >= 15 is 0 Å². The Hall–Kier alpha value is -1.06. The molecule has 19 heavy (non-hydrogen) atoms. The molecular formula is C15H27NO3. The van der Waals surface area contributed by atoms with Crippen molar-refractivity contribution in [3.05, 3.63) is 0 Å². The van der Waals surface area contributed by atoms with Gasteiger partial charge >= 0.3 is 6.09 Å². The molecule has 1 aliphatic rings. The van der Waals surface area contributed by atoms with Gasteiger partial charge in [-0.05, 0) is 6.42 Å². The fourth-order valence-corrected chi connectivity index (χ4v) is 2.35. The maximum atomic E-state index is 11.3. The molecule has 0 aromatic heterocycles. The van der Waals surface area contributed by atoms with Gasteiger partial charge in [0.05, 0.1) is 0 Å². The maximum Gasteiger partial charge on any atom is 0.417 e. The number of amides is 2. The summed E-state index contributed by atoms with van der Waals surface area (Å²) in [6, 6.07) is 0.